The zero-order valence-electron chi connectivity index (χ0n) is 17.9. The molecule has 0 spiro atoms. The minimum atomic E-state index is 0.650. The zero-order valence-corrected chi connectivity index (χ0v) is 17.9. The van der Waals surface area contributed by atoms with E-state index in [9.17, 15) is 0 Å². The third-order valence-corrected chi connectivity index (χ3v) is 5.93. The zero-order chi connectivity index (χ0) is 21.2. The average molecular weight is 415 g/mol. The molecule has 0 aliphatic carbocycles. The molecule has 0 saturated carbocycles. The maximum Gasteiger partial charge on any atom is 0.254 e. The highest BCUT2D eigenvalue weighted by Gasteiger charge is 2.25. The molecule has 4 aromatic rings. The largest absolute Gasteiger partial charge is 0.495 e. The van der Waals surface area contributed by atoms with Gasteiger partial charge in [0.05, 0.1) is 12.8 Å². The molecule has 2 aromatic heterocycles. The van der Waals surface area contributed by atoms with Crippen molar-refractivity contribution in [1.82, 2.24) is 19.6 Å². The van der Waals surface area contributed by atoms with Crippen molar-refractivity contribution < 1.29 is 4.74 Å². The van der Waals surface area contributed by atoms with Gasteiger partial charge in [-0.05, 0) is 24.6 Å². The standard InChI is InChI=1S/C24H26N6O/c1-18-20(16-19-8-4-3-5-9-19)23(30-24(27-18)25-17-26-30)29-14-12-28(13-15-29)21-10-6-7-11-22(21)31-2/h3-11,17H,12-16H2,1-2H3. The number of aryl methyl sites for hydroxylation is 1. The van der Waals surface area contributed by atoms with Crippen molar-refractivity contribution in [3.05, 3.63) is 77.7 Å². The first-order valence-electron chi connectivity index (χ1n) is 10.6. The van der Waals surface area contributed by atoms with E-state index in [0.717, 1.165) is 55.5 Å². The predicted octanol–water partition coefficient (Wildman–Crippen LogP) is 3.36. The van der Waals surface area contributed by atoms with E-state index in [4.69, 9.17) is 9.72 Å². The van der Waals surface area contributed by atoms with Crippen molar-refractivity contribution in [2.24, 2.45) is 0 Å². The Bertz CT molecular complexity index is 1180. The van der Waals surface area contributed by atoms with Crippen LogP contribution in [-0.2, 0) is 6.42 Å². The second kappa shape index (κ2) is 8.26. The molecule has 1 fully saturated rings. The van der Waals surface area contributed by atoms with Crippen molar-refractivity contribution in [3.63, 3.8) is 0 Å². The number of fused-ring (bicyclic) bond motifs is 1. The van der Waals surface area contributed by atoms with Gasteiger partial charge >= 0.3 is 0 Å². The third-order valence-electron chi connectivity index (χ3n) is 5.93. The fourth-order valence-corrected chi connectivity index (χ4v) is 4.35. The van der Waals surface area contributed by atoms with E-state index in [1.165, 1.54) is 11.1 Å². The summed E-state index contributed by atoms with van der Waals surface area (Å²) in [6, 6.07) is 18.8. The Balaban J connectivity index is 1.47. The quantitative estimate of drug-likeness (QED) is 0.499. The molecule has 5 rings (SSSR count). The molecule has 3 heterocycles. The summed E-state index contributed by atoms with van der Waals surface area (Å²) in [5.74, 6) is 2.67. The highest BCUT2D eigenvalue weighted by atomic mass is 16.5. The van der Waals surface area contributed by atoms with Gasteiger partial charge < -0.3 is 14.5 Å². The summed E-state index contributed by atoms with van der Waals surface area (Å²) < 4.78 is 7.47. The molecule has 31 heavy (non-hydrogen) atoms. The molecule has 1 saturated heterocycles. The molecule has 0 N–H and O–H groups in total. The highest BCUT2D eigenvalue weighted by Crippen LogP contribution is 2.31. The molecule has 2 aromatic carbocycles. The monoisotopic (exact) mass is 414 g/mol. The maximum absolute atomic E-state index is 5.57. The van der Waals surface area contributed by atoms with E-state index >= 15 is 0 Å². The van der Waals surface area contributed by atoms with Gasteiger partial charge in [0.15, 0.2) is 0 Å². The molecular formula is C24H26N6O. The van der Waals surface area contributed by atoms with Gasteiger partial charge in [-0.1, -0.05) is 42.5 Å². The number of aromatic nitrogens is 4. The number of anilines is 2. The van der Waals surface area contributed by atoms with Crippen LogP contribution in [0.1, 0.15) is 16.8 Å². The van der Waals surface area contributed by atoms with E-state index in [2.05, 4.69) is 63.2 Å². The van der Waals surface area contributed by atoms with Gasteiger partial charge in [0.2, 0.25) is 0 Å². The van der Waals surface area contributed by atoms with Crippen LogP contribution < -0.4 is 14.5 Å². The van der Waals surface area contributed by atoms with Gasteiger partial charge in [0.25, 0.3) is 5.78 Å². The van der Waals surface area contributed by atoms with E-state index in [0.29, 0.717) is 5.78 Å². The molecule has 1 aliphatic rings. The lowest BCUT2D eigenvalue weighted by Gasteiger charge is -2.38. The summed E-state index contributed by atoms with van der Waals surface area (Å²) in [5, 5.41) is 4.51. The summed E-state index contributed by atoms with van der Waals surface area (Å²) in [6.45, 7) is 5.66. The Hall–Kier alpha value is -3.61. The van der Waals surface area contributed by atoms with Crippen LogP contribution in [0.5, 0.6) is 5.75 Å². The molecule has 0 amide bonds. The molecule has 0 radical (unpaired) electrons. The summed E-state index contributed by atoms with van der Waals surface area (Å²) in [6.07, 6.45) is 2.40. The smallest absolute Gasteiger partial charge is 0.254 e. The molecule has 0 unspecified atom stereocenters. The second-order valence-electron chi connectivity index (χ2n) is 7.78. The number of para-hydroxylation sites is 2. The van der Waals surface area contributed by atoms with E-state index < -0.39 is 0 Å². The van der Waals surface area contributed by atoms with Gasteiger partial charge in [-0.3, -0.25) is 0 Å². The predicted molar refractivity (Wildman–Crippen MR) is 122 cm³/mol. The summed E-state index contributed by atoms with van der Waals surface area (Å²) in [7, 11) is 1.73. The van der Waals surface area contributed by atoms with Gasteiger partial charge in [0, 0.05) is 43.9 Å². The minimum Gasteiger partial charge on any atom is -0.495 e. The van der Waals surface area contributed by atoms with Crippen molar-refractivity contribution in [3.8, 4) is 5.75 Å². The fourth-order valence-electron chi connectivity index (χ4n) is 4.35. The fraction of sp³-hybridized carbons (Fsp3) is 0.292. The van der Waals surface area contributed by atoms with E-state index in [1.54, 1.807) is 13.4 Å². The van der Waals surface area contributed by atoms with Crippen LogP contribution in [0.4, 0.5) is 11.5 Å². The lowest BCUT2D eigenvalue weighted by Crippen LogP contribution is -2.47. The van der Waals surface area contributed by atoms with Crippen molar-refractivity contribution in [2.45, 2.75) is 13.3 Å². The van der Waals surface area contributed by atoms with Gasteiger partial charge in [-0.2, -0.15) is 14.6 Å². The van der Waals surface area contributed by atoms with Gasteiger partial charge in [0.1, 0.15) is 17.9 Å². The highest BCUT2D eigenvalue weighted by molar-refractivity contribution is 5.61. The van der Waals surface area contributed by atoms with Crippen LogP contribution in [0.25, 0.3) is 5.78 Å². The van der Waals surface area contributed by atoms with Crippen molar-refractivity contribution >= 4 is 17.3 Å². The maximum atomic E-state index is 5.57. The Morgan fingerprint density at radius 2 is 1.61 bits per heavy atom. The molecule has 0 atom stereocenters. The van der Waals surface area contributed by atoms with Gasteiger partial charge in [-0.15, -0.1) is 0 Å². The number of hydrogen-bond donors (Lipinski definition) is 0. The Morgan fingerprint density at radius 3 is 2.39 bits per heavy atom. The third kappa shape index (κ3) is 3.67. The summed E-state index contributed by atoms with van der Waals surface area (Å²) in [5.41, 5.74) is 4.62. The number of benzene rings is 2. The number of methoxy groups -OCH3 is 1. The van der Waals surface area contributed by atoms with E-state index in [-0.39, 0.29) is 0 Å². The average Bonchev–Trinajstić information content (AvgIpc) is 3.28. The normalized spacial score (nSPS) is 14.3. The van der Waals surface area contributed by atoms with Crippen LogP contribution in [0.2, 0.25) is 0 Å². The minimum absolute atomic E-state index is 0.650. The lowest BCUT2D eigenvalue weighted by atomic mass is 10.0. The van der Waals surface area contributed by atoms with Crippen LogP contribution in [0, 0.1) is 6.92 Å². The topological polar surface area (TPSA) is 58.8 Å². The Morgan fingerprint density at radius 1 is 0.903 bits per heavy atom. The number of nitrogens with zero attached hydrogens (tertiary/aromatic N) is 6. The number of rotatable bonds is 5. The van der Waals surface area contributed by atoms with Crippen LogP contribution >= 0.6 is 0 Å². The molecule has 7 nitrogen and oxygen atoms in total. The first-order valence-corrected chi connectivity index (χ1v) is 10.6. The van der Waals surface area contributed by atoms with Crippen molar-refractivity contribution in [2.75, 3.05) is 43.1 Å². The number of piperazine rings is 1. The Labute approximate surface area is 181 Å². The SMILES string of the molecule is COc1ccccc1N1CCN(c2c(Cc3ccccc3)c(C)nc3ncnn23)CC1. The molecule has 1 aliphatic heterocycles. The first-order chi connectivity index (χ1) is 15.2. The number of hydrogen-bond acceptors (Lipinski definition) is 6. The van der Waals surface area contributed by atoms with Crippen molar-refractivity contribution in [1.29, 1.82) is 0 Å². The summed E-state index contributed by atoms with van der Waals surface area (Å²) in [4.78, 5) is 13.9. The molecular weight excluding hydrogens is 388 g/mol. The van der Waals surface area contributed by atoms with Gasteiger partial charge in [-0.25, -0.2) is 4.98 Å². The molecule has 158 valence electrons. The Kier molecular flexibility index (Phi) is 5.16. The van der Waals surface area contributed by atoms with Crippen LogP contribution in [0.15, 0.2) is 60.9 Å². The molecule has 7 heteroatoms. The van der Waals surface area contributed by atoms with Crippen LogP contribution in [0.3, 0.4) is 0 Å². The van der Waals surface area contributed by atoms with Crippen LogP contribution in [-0.4, -0.2) is 52.9 Å². The second-order valence-corrected chi connectivity index (χ2v) is 7.78. The van der Waals surface area contributed by atoms with E-state index in [1.807, 2.05) is 22.7 Å². The summed E-state index contributed by atoms with van der Waals surface area (Å²) >= 11 is 0. The lowest BCUT2D eigenvalue weighted by molar-refractivity contribution is 0.413. The first kappa shape index (κ1) is 19.4. The number of ether oxygens (including phenoxy) is 1. The molecule has 0 bridgehead atoms.